The van der Waals surface area contributed by atoms with Crippen LogP contribution in [0.5, 0.6) is 0 Å². The van der Waals surface area contributed by atoms with Gasteiger partial charge in [-0.2, -0.15) is 0 Å². The molecule has 1 unspecified atom stereocenters. The molecule has 0 saturated heterocycles. The topological polar surface area (TPSA) is 89.5 Å². The van der Waals surface area contributed by atoms with Gasteiger partial charge < -0.3 is 4.74 Å². The van der Waals surface area contributed by atoms with Gasteiger partial charge in [0, 0.05) is 23.3 Å². The summed E-state index contributed by atoms with van der Waals surface area (Å²) < 4.78 is 54.1. The van der Waals surface area contributed by atoms with Crippen LogP contribution < -0.4 is 4.72 Å². The lowest BCUT2D eigenvalue weighted by molar-refractivity contribution is 0.133. The van der Waals surface area contributed by atoms with Crippen LogP contribution >= 0.6 is 10.7 Å². The standard InChI is InChI=1S/C11H16ClNO5S2/c1-3-18-8-9(2)13-20(16,17)11-6-4-5-10(7-11)19(12,14)15/h4-7,9,13H,3,8H2,1-2H3. The monoisotopic (exact) mass is 341 g/mol. The molecule has 0 fully saturated rings. The zero-order valence-electron chi connectivity index (χ0n) is 11.0. The van der Waals surface area contributed by atoms with E-state index >= 15 is 0 Å². The van der Waals surface area contributed by atoms with Crippen molar-refractivity contribution in [3.8, 4) is 0 Å². The SMILES string of the molecule is CCOCC(C)NS(=O)(=O)c1cccc(S(=O)(=O)Cl)c1. The van der Waals surface area contributed by atoms with Gasteiger partial charge in [-0.05, 0) is 32.0 Å². The molecule has 1 N–H and O–H groups in total. The summed E-state index contributed by atoms with van der Waals surface area (Å²) in [4.78, 5) is -0.429. The molecule has 114 valence electrons. The average molecular weight is 342 g/mol. The summed E-state index contributed by atoms with van der Waals surface area (Å²) >= 11 is 0. The maximum Gasteiger partial charge on any atom is 0.261 e. The van der Waals surface area contributed by atoms with E-state index < -0.39 is 25.1 Å². The van der Waals surface area contributed by atoms with Gasteiger partial charge in [0.25, 0.3) is 9.05 Å². The first-order valence-corrected chi connectivity index (χ1v) is 9.61. The molecule has 1 rings (SSSR count). The molecule has 6 nitrogen and oxygen atoms in total. The smallest absolute Gasteiger partial charge is 0.261 e. The first-order chi connectivity index (χ1) is 9.16. The van der Waals surface area contributed by atoms with Crippen LogP contribution in [0.3, 0.4) is 0 Å². The zero-order chi connectivity index (χ0) is 15.4. The average Bonchev–Trinajstić information content (AvgIpc) is 2.35. The minimum absolute atomic E-state index is 0.164. The summed E-state index contributed by atoms with van der Waals surface area (Å²) in [5.41, 5.74) is 0. The summed E-state index contributed by atoms with van der Waals surface area (Å²) in [6.07, 6.45) is 0. The predicted molar refractivity (Wildman–Crippen MR) is 75.8 cm³/mol. The lowest BCUT2D eigenvalue weighted by Crippen LogP contribution is -2.35. The number of ether oxygens (including phenoxy) is 1. The molecule has 1 aromatic rings. The molecule has 1 atom stereocenters. The van der Waals surface area contributed by atoms with Gasteiger partial charge in [0.2, 0.25) is 10.0 Å². The highest BCUT2D eigenvalue weighted by Gasteiger charge is 2.20. The van der Waals surface area contributed by atoms with Crippen molar-refractivity contribution in [2.45, 2.75) is 29.7 Å². The minimum Gasteiger partial charge on any atom is -0.380 e. The van der Waals surface area contributed by atoms with Crippen LogP contribution in [0, 0.1) is 0 Å². The van der Waals surface area contributed by atoms with E-state index in [0.29, 0.717) is 6.61 Å². The van der Waals surface area contributed by atoms with Gasteiger partial charge in [-0.1, -0.05) is 6.07 Å². The van der Waals surface area contributed by atoms with Crippen molar-refractivity contribution in [3.05, 3.63) is 24.3 Å². The van der Waals surface area contributed by atoms with Gasteiger partial charge in [0.05, 0.1) is 16.4 Å². The Morgan fingerprint density at radius 3 is 2.40 bits per heavy atom. The van der Waals surface area contributed by atoms with E-state index in [9.17, 15) is 16.8 Å². The number of hydrogen-bond acceptors (Lipinski definition) is 5. The van der Waals surface area contributed by atoms with Gasteiger partial charge in [-0.15, -0.1) is 0 Å². The summed E-state index contributed by atoms with van der Waals surface area (Å²) in [6.45, 7) is 4.15. The molecular weight excluding hydrogens is 326 g/mol. The number of sulfonamides is 1. The molecule has 0 aliphatic heterocycles. The fourth-order valence-corrected chi connectivity index (χ4v) is 3.60. The number of benzene rings is 1. The number of nitrogens with one attached hydrogen (secondary N) is 1. The van der Waals surface area contributed by atoms with Crippen LogP contribution in [0.4, 0.5) is 0 Å². The largest absolute Gasteiger partial charge is 0.380 e. The van der Waals surface area contributed by atoms with Crippen LogP contribution in [-0.2, 0) is 23.8 Å². The maximum atomic E-state index is 12.1. The van der Waals surface area contributed by atoms with Gasteiger partial charge >= 0.3 is 0 Å². The molecule has 9 heteroatoms. The van der Waals surface area contributed by atoms with Crippen molar-refractivity contribution in [2.24, 2.45) is 0 Å². The Kier molecular flexibility index (Phi) is 5.96. The molecule has 0 aliphatic carbocycles. The molecule has 0 amide bonds. The van der Waals surface area contributed by atoms with Crippen LogP contribution in [0.2, 0.25) is 0 Å². The third-order valence-corrected chi connectivity index (χ3v) is 5.26. The normalized spacial score (nSPS) is 14.2. The Labute approximate surface area is 123 Å². The highest BCUT2D eigenvalue weighted by molar-refractivity contribution is 8.13. The van der Waals surface area contributed by atoms with Crippen molar-refractivity contribution >= 4 is 29.8 Å². The number of hydrogen-bond donors (Lipinski definition) is 1. The third kappa shape index (κ3) is 5.02. The van der Waals surface area contributed by atoms with Crippen LogP contribution in [-0.4, -0.2) is 36.1 Å². The van der Waals surface area contributed by atoms with E-state index in [4.69, 9.17) is 15.4 Å². The Balaban J connectivity index is 2.99. The quantitative estimate of drug-likeness (QED) is 0.755. The summed E-state index contributed by atoms with van der Waals surface area (Å²) in [7, 11) is -2.61. The second-order valence-corrected chi connectivity index (χ2v) is 8.37. The number of rotatable bonds is 7. The van der Waals surface area contributed by atoms with Gasteiger partial charge in [-0.25, -0.2) is 21.6 Å². The Morgan fingerprint density at radius 2 is 1.85 bits per heavy atom. The molecule has 0 bridgehead atoms. The van der Waals surface area contributed by atoms with Crippen molar-refractivity contribution < 1.29 is 21.6 Å². The minimum atomic E-state index is -3.97. The Hall–Kier alpha value is -0.670. The Morgan fingerprint density at radius 1 is 1.25 bits per heavy atom. The van der Waals surface area contributed by atoms with E-state index in [1.165, 1.54) is 18.2 Å². The van der Waals surface area contributed by atoms with Crippen LogP contribution in [0.15, 0.2) is 34.1 Å². The number of halogens is 1. The lowest BCUT2D eigenvalue weighted by Gasteiger charge is -2.14. The second-order valence-electron chi connectivity index (χ2n) is 4.09. The van der Waals surface area contributed by atoms with Crippen LogP contribution in [0.25, 0.3) is 0 Å². The summed E-state index contributed by atoms with van der Waals surface area (Å²) in [5.74, 6) is 0. The van der Waals surface area contributed by atoms with Crippen molar-refractivity contribution in [1.29, 1.82) is 0 Å². The highest BCUT2D eigenvalue weighted by atomic mass is 35.7. The van der Waals surface area contributed by atoms with E-state index in [0.717, 1.165) is 6.07 Å². The summed E-state index contributed by atoms with van der Waals surface area (Å²) in [5, 5.41) is 0. The van der Waals surface area contributed by atoms with Gasteiger partial charge in [0.1, 0.15) is 0 Å². The first kappa shape index (κ1) is 17.4. The lowest BCUT2D eigenvalue weighted by atomic mass is 10.4. The molecule has 0 saturated carbocycles. The third-order valence-electron chi connectivity index (χ3n) is 2.33. The van der Waals surface area contributed by atoms with E-state index in [2.05, 4.69) is 4.72 Å². The fraction of sp³-hybridized carbons (Fsp3) is 0.455. The van der Waals surface area contributed by atoms with Gasteiger partial charge in [-0.3, -0.25) is 0 Å². The molecule has 0 aliphatic rings. The van der Waals surface area contributed by atoms with Crippen molar-refractivity contribution in [1.82, 2.24) is 4.72 Å². The van der Waals surface area contributed by atoms with E-state index in [-0.39, 0.29) is 16.4 Å². The van der Waals surface area contributed by atoms with Crippen molar-refractivity contribution in [2.75, 3.05) is 13.2 Å². The van der Waals surface area contributed by atoms with E-state index in [1.54, 1.807) is 13.8 Å². The van der Waals surface area contributed by atoms with Crippen LogP contribution in [0.1, 0.15) is 13.8 Å². The molecule has 20 heavy (non-hydrogen) atoms. The fourth-order valence-electron chi connectivity index (χ4n) is 1.45. The predicted octanol–water partition coefficient (Wildman–Crippen LogP) is 1.32. The molecular formula is C11H16ClNO5S2. The zero-order valence-corrected chi connectivity index (χ0v) is 13.4. The molecule has 0 heterocycles. The molecule has 1 aromatic carbocycles. The highest BCUT2D eigenvalue weighted by Crippen LogP contribution is 2.19. The molecule has 0 spiro atoms. The van der Waals surface area contributed by atoms with E-state index in [1.807, 2.05) is 0 Å². The van der Waals surface area contributed by atoms with Crippen molar-refractivity contribution in [3.63, 3.8) is 0 Å². The molecule has 0 aromatic heterocycles. The maximum absolute atomic E-state index is 12.1. The molecule has 0 radical (unpaired) electrons. The summed E-state index contributed by atoms with van der Waals surface area (Å²) in [6, 6.07) is 4.41. The van der Waals surface area contributed by atoms with Gasteiger partial charge in [0.15, 0.2) is 0 Å². The first-order valence-electron chi connectivity index (χ1n) is 5.81. The second kappa shape index (κ2) is 6.86. The Bertz CT molecular complexity index is 657.